The minimum absolute atomic E-state index is 0.0158. The van der Waals surface area contributed by atoms with Gasteiger partial charge in [0.2, 0.25) is 0 Å². The highest BCUT2D eigenvalue weighted by Crippen LogP contribution is 2.51. The van der Waals surface area contributed by atoms with Crippen LogP contribution in [0.1, 0.15) is 47.0 Å². The summed E-state index contributed by atoms with van der Waals surface area (Å²) in [7, 11) is 0. The van der Waals surface area contributed by atoms with Crippen LogP contribution < -0.4 is 5.32 Å². The number of aliphatic carboxylic acids is 1. The highest BCUT2D eigenvalue weighted by molar-refractivity contribution is 5.83. The van der Waals surface area contributed by atoms with Crippen LogP contribution in [-0.4, -0.2) is 16.6 Å². The van der Waals surface area contributed by atoms with Crippen LogP contribution in [0.5, 0.6) is 0 Å². The first-order valence-electron chi connectivity index (χ1n) is 7.21. The monoisotopic (exact) mass is 275 g/mol. The molecule has 0 aliphatic heterocycles. The van der Waals surface area contributed by atoms with Crippen molar-refractivity contribution in [2.75, 3.05) is 5.32 Å². The van der Waals surface area contributed by atoms with E-state index in [0.717, 1.165) is 12.1 Å². The SMILES string of the molecule is CC1(C)CC(C)(C)CC(Nc2ccccc2)(C(=O)O)C1. The Morgan fingerprint density at radius 1 is 1.00 bits per heavy atom. The zero-order valence-electron chi connectivity index (χ0n) is 12.9. The van der Waals surface area contributed by atoms with Crippen molar-refractivity contribution in [1.29, 1.82) is 0 Å². The Morgan fingerprint density at radius 2 is 1.50 bits per heavy atom. The smallest absolute Gasteiger partial charge is 0.329 e. The first-order chi connectivity index (χ1) is 9.14. The topological polar surface area (TPSA) is 49.3 Å². The largest absolute Gasteiger partial charge is 0.480 e. The standard InChI is InChI=1S/C17H25NO2/c1-15(2)10-16(3,4)12-17(11-15,14(19)20)18-13-8-6-5-7-9-13/h5-9,18H,10-12H2,1-4H3,(H,19,20). The second-order valence-corrected chi connectivity index (χ2v) is 7.74. The summed E-state index contributed by atoms with van der Waals surface area (Å²) in [5.41, 5.74) is 0.0274. The molecule has 1 aliphatic carbocycles. The highest BCUT2D eigenvalue weighted by atomic mass is 16.4. The molecule has 3 nitrogen and oxygen atoms in total. The summed E-state index contributed by atoms with van der Waals surface area (Å²) in [6.07, 6.45) is 2.34. The van der Waals surface area contributed by atoms with E-state index in [-0.39, 0.29) is 10.8 Å². The molecule has 0 spiro atoms. The average molecular weight is 275 g/mol. The number of carboxylic acids is 1. The van der Waals surface area contributed by atoms with Crippen LogP contribution in [0.3, 0.4) is 0 Å². The van der Waals surface area contributed by atoms with Gasteiger partial charge in [0.15, 0.2) is 0 Å². The maximum Gasteiger partial charge on any atom is 0.329 e. The van der Waals surface area contributed by atoms with E-state index >= 15 is 0 Å². The van der Waals surface area contributed by atoms with Crippen molar-refractivity contribution in [2.45, 2.75) is 52.5 Å². The van der Waals surface area contributed by atoms with Gasteiger partial charge in [0.25, 0.3) is 0 Å². The number of nitrogens with one attached hydrogen (secondary N) is 1. The van der Waals surface area contributed by atoms with Gasteiger partial charge in [0, 0.05) is 5.69 Å². The van der Waals surface area contributed by atoms with Gasteiger partial charge < -0.3 is 10.4 Å². The molecule has 0 aromatic heterocycles. The fourth-order valence-corrected chi connectivity index (χ4v) is 4.21. The number of para-hydroxylation sites is 1. The van der Waals surface area contributed by atoms with Crippen molar-refractivity contribution < 1.29 is 9.90 Å². The Morgan fingerprint density at radius 3 is 1.95 bits per heavy atom. The van der Waals surface area contributed by atoms with Crippen molar-refractivity contribution in [2.24, 2.45) is 10.8 Å². The maximum atomic E-state index is 12.0. The van der Waals surface area contributed by atoms with Gasteiger partial charge >= 0.3 is 5.97 Å². The molecule has 0 unspecified atom stereocenters. The van der Waals surface area contributed by atoms with E-state index in [1.807, 2.05) is 30.3 Å². The molecule has 0 bridgehead atoms. The van der Waals surface area contributed by atoms with Crippen molar-refractivity contribution >= 4 is 11.7 Å². The first-order valence-corrected chi connectivity index (χ1v) is 7.21. The molecule has 0 atom stereocenters. The molecule has 0 amide bonds. The lowest BCUT2D eigenvalue weighted by Crippen LogP contribution is -2.56. The summed E-state index contributed by atoms with van der Waals surface area (Å²) in [5.74, 6) is -0.748. The van der Waals surface area contributed by atoms with Gasteiger partial charge in [0.05, 0.1) is 0 Å². The van der Waals surface area contributed by atoms with Gasteiger partial charge in [0.1, 0.15) is 5.54 Å². The van der Waals surface area contributed by atoms with Crippen molar-refractivity contribution in [3.8, 4) is 0 Å². The van der Waals surface area contributed by atoms with Gasteiger partial charge in [-0.25, -0.2) is 4.79 Å². The predicted octanol–water partition coefficient (Wildman–Crippen LogP) is 4.16. The minimum atomic E-state index is -0.882. The van der Waals surface area contributed by atoms with E-state index in [1.165, 1.54) is 0 Å². The molecular weight excluding hydrogens is 250 g/mol. The molecule has 0 heterocycles. The average Bonchev–Trinajstić information content (AvgIpc) is 2.25. The normalized spacial score (nSPS) is 23.0. The van der Waals surface area contributed by atoms with Gasteiger partial charge in [-0.15, -0.1) is 0 Å². The minimum Gasteiger partial charge on any atom is -0.480 e. The molecule has 0 saturated heterocycles. The third-order valence-electron chi connectivity index (χ3n) is 4.08. The third-order valence-corrected chi connectivity index (χ3v) is 4.08. The lowest BCUT2D eigenvalue weighted by Gasteiger charge is -2.50. The van der Waals surface area contributed by atoms with E-state index in [2.05, 4.69) is 33.0 Å². The molecule has 1 saturated carbocycles. The molecule has 1 aliphatic rings. The Bertz CT molecular complexity index is 475. The molecule has 1 aromatic carbocycles. The second kappa shape index (κ2) is 4.80. The first kappa shape index (κ1) is 14.9. The lowest BCUT2D eigenvalue weighted by molar-refractivity contribution is -0.147. The zero-order valence-corrected chi connectivity index (χ0v) is 12.9. The van der Waals surface area contributed by atoms with E-state index in [9.17, 15) is 9.90 Å². The molecule has 20 heavy (non-hydrogen) atoms. The Balaban J connectivity index is 2.37. The van der Waals surface area contributed by atoms with Crippen LogP contribution in [0.2, 0.25) is 0 Å². The Kier molecular flexibility index (Phi) is 3.57. The quantitative estimate of drug-likeness (QED) is 0.871. The summed E-state index contributed by atoms with van der Waals surface area (Å²) in [6.45, 7) is 8.66. The fraction of sp³-hybridized carbons (Fsp3) is 0.588. The number of carbonyl (C=O) groups is 1. The van der Waals surface area contributed by atoms with Crippen molar-refractivity contribution in [3.63, 3.8) is 0 Å². The number of hydrogen-bond acceptors (Lipinski definition) is 2. The van der Waals surface area contributed by atoms with E-state index in [0.29, 0.717) is 12.8 Å². The molecule has 2 rings (SSSR count). The van der Waals surface area contributed by atoms with Crippen LogP contribution >= 0.6 is 0 Å². The van der Waals surface area contributed by atoms with Crippen LogP contribution in [0, 0.1) is 10.8 Å². The van der Waals surface area contributed by atoms with E-state index < -0.39 is 11.5 Å². The Hall–Kier alpha value is -1.51. The molecule has 1 fully saturated rings. The number of anilines is 1. The number of hydrogen-bond donors (Lipinski definition) is 2. The molecule has 2 N–H and O–H groups in total. The molecular formula is C17H25NO2. The summed E-state index contributed by atoms with van der Waals surface area (Å²) >= 11 is 0. The lowest BCUT2D eigenvalue weighted by atomic mass is 9.58. The summed E-state index contributed by atoms with van der Waals surface area (Å²) in [4.78, 5) is 12.0. The number of rotatable bonds is 3. The predicted molar refractivity (Wildman–Crippen MR) is 81.8 cm³/mol. The maximum absolute atomic E-state index is 12.0. The second-order valence-electron chi connectivity index (χ2n) is 7.74. The van der Waals surface area contributed by atoms with Gasteiger partial charge in [-0.3, -0.25) is 0 Å². The number of benzene rings is 1. The summed E-state index contributed by atoms with van der Waals surface area (Å²) in [5, 5.41) is 13.2. The van der Waals surface area contributed by atoms with E-state index in [1.54, 1.807) is 0 Å². The molecule has 1 aromatic rings. The van der Waals surface area contributed by atoms with E-state index in [4.69, 9.17) is 0 Å². The molecule has 3 heteroatoms. The summed E-state index contributed by atoms with van der Waals surface area (Å²) in [6, 6.07) is 9.65. The fourth-order valence-electron chi connectivity index (χ4n) is 4.21. The van der Waals surface area contributed by atoms with Crippen LogP contribution in [0.4, 0.5) is 5.69 Å². The van der Waals surface area contributed by atoms with Gasteiger partial charge in [-0.05, 0) is 42.2 Å². The van der Waals surface area contributed by atoms with Crippen molar-refractivity contribution in [3.05, 3.63) is 30.3 Å². The summed E-state index contributed by atoms with van der Waals surface area (Å²) < 4.78 is 0. The van der Waals surface area contributed by atoms with Gasteiger partial charge in [-0.2, -0.15) is 0 Å². The molecule has 0 radical (unpaired) electrons. The Labute approximate surface area is 121 Å². The number of carboxylic acid groups (broad SMARTS) is 1. The van der Waals surface area contributed by atoms with Crippen LogP contribution in [0.15, 0.2) is 30.3 Å². The van der Waals surface area contributed by atoms with Gasteiger partial charge in [-0.1, -0.05) is 45.9 Å². The molecule has 110 valence electrons. The zero-order chi connectivity index (χ0) is 15.0. The van der Waals surface area contributed by atoms with Crippen LogP contribution in [-0.2, 0) is 4.79 Å². The third kappa shape index (κ3) is 3.14. The van der Waals surface area contributed by atoms with Crippen molar-refractivity contribution in [1.82, 2.24) is 0 Å². The van der Waals surface area contributed by atoms with Crippen LogP contribution in [0.25, 0.3) is 0 Å². The highest BCUT2D eigenvalue weighted by Gasteiger charge is 2.52.